The van der Waals surface area contributed by atoms with Crippen LogP contribution in [0.3, 0.4) is 0 Å². The zero-order valence-electron chi connectivity index (χ0n) is 16.8. The van der Waals surface area contributed by atoms with E-state index in [1.54, 1.807) is 0 Å². The molecule has 0 aliphatic heterocycles. The van der Waals surface area contributed by atoms with Gasteiger partial charge in [0, 0.05) is 22.8 Å². The summed E-state index contributed by atoms with van der Waals surface area (Å²) in [5.41, 5.74) is 8.45. The highest BCUT2D eigenvalue weighted by molar-refractivity contribution is 5.87. The maximum Gasteiger partial charge on any atom is 0.138 e. The Morgan fingerprint density at radius 1 is 0.964 bits per heavy atom. The molecular formula is C23H26ClN3O. The van der Waals surface area contributed by atoms with Gasteiger partial charge in [-0.2, -0.15) is 0 Å². The highest BCUT2D eigenvalue weighted by Gasteiger charge is 2.18. The summed E-state index contributed by atoms with van der Waals surface area (Å²) in [6, 6.07) is 12.7. The van der Waals surface area contributed by atoms with Gasteiger partial charge in [0.15, 0.2) is 0 Å². The number of hydrogen-bond donors (Lipinski definition) is 0. The van der Waals surface area contributed by atoms with Gasteiger partial charge in [0.05, 0.1) is 23.4 Å². The van der Waals surface area contributed by atoms with Crippen LogP contribution >= 0.6 is 12.4 Å². The molecule has 0 amide bonds. The van der Waals surface area contributed by atoms with E-state index in [4.69, 9.17) is 9.51 Å². The van der Waals surface area contributed by atoms with E-state index in [0.29, 0.717) is 0 Å². The second-order valence-corrected chi connectivity index (χ2v) is 7.24. The molecule has 5 heteroatoms. The van der Waals surface area contributed by atoms with Crippen LogP contribution in [0.5, 0.6) is 0 Å². The summed E-state index contributed by atoms with van der Waals surface area (Å²) in [7, 11) is 0. The van der Waals surface area contributed by atoms with Crippen molar-refractivity contribution in [2.24, 2.45) is 0 Å². The number of benzene rings is 1. The Morgan fingerprint density at radius 3 is 2.39 bits per heavy atom. The maximum atomic E-state index is 5.38. The van der Waals surface area contributed by atoms with Crippen molar-refractivity contribution in [2.45, 2.75) is 47.1 Å². The van der Waals surface area contributed by atoms with Crippen LogP contribution < -0.4 is 0 Å². The first-order valence-electron chi connectivity index (χ1n) is 9.45. The minimum Gasteiger partial charge on any atom is -0.361 e. The number of fused-ring (bicyclic) bond motifs is 1. The van der Waals surface area contributed by atoms with E-state index in [1.165, 1.54) is 27.7 Å². The van der Waals surface area contributed by atoms with E-state index >= 15 is 0 Å². The number of nitrogens with zero attached hydrogens (tertiary/aromatic N) is 3. The van der Waals surface area contributed by atoms with Crippen LogP contribution in [0, 0.1) is 27.7 Å². The molecule has 0 fully saturated rings. The fourth-order valence-electron chi connectivity index (χ4n) is 3.84. The van der Waals surface area contributed by atoms with Crippen molar-refractivity contribution in [3.05, 3.63) is 82.1 Å². The molecule has 0 saturated heterocycles. The molecule has 3 aromatic heterocycles. The van der Waals surface area contributed by atoms with Gasteiger partial charge in [0.1, 0.15) is 5.76 Å². The lowest BCUT2D eigenvalue weighted by Crippen LogP contribution is -2.06. The topological polar surface area (TPSA) is 43.9 Å². The zero-order valence-corrected chi connectivity index (χ0v) is 17.6. The summed E-state index contributed by atoms with van der Waals surface area (Å²) in [6.45, 7) is 9.14. The van der Waals surface area contributed by atoms with Crippen LogP contribution in [-0.4, -0.2) is 14.7 Å². The molecule has 0 atom stereocenters. The molecule has 4 rings (SSSR count). The van der Waals surface area contributed by atoms with Crippen LogP contribution in [0.4, 0.5) is 0 Å². The number of pyridine rings is 1. The van der Waals surface area contributed by atoms with Gasteiger partial charge in [-0.25, -0.2) is 0 Å². The molecule has 0 spiro atoms. The van der Waals surface area contributed by atoms with E-state index in [1.807, 2.05) is 20.0 Å². The van der Waals surface area contributed by atoms with Crippen LogP contribution in [0.25, 0.3) is 10.9 Å². The predicted octanol–water partition coefficient (Wildman–Crippen LogP) is 5.51. The molecule has 0 aliphatic carbocycles. The van der Waals surface area contributed by atoms with Gasteiger partial charge in [-0.15, -0.1) is 12.4 Å². The van der Waals surface area contributed by atoms with Gasteiger partial charge < -0.3 is 9.09 Å². The third-order valence-corrected chi connectivity index (χ3v) is 5.61. The summed E-state index contributed by atoms with van der Waals surface area (Å²) in [5.74, 6) is 0.890. The molecule has 28 heavy (non-hydrogen) atoms. The van der Waals surface area contributed by atoms with Crippen LogP contribution in [0.2, 0.25) is 0 Å². The Kier molecular flexibility index (Phi) is 5.90. The highest BCUT2D eigenvalue weighted by Crippen LogP contribution is 2.29. The van der Waals surface area contributed by atoms with Crippen molar-refractivity contribution in [2.75, 3.05) is 0 Å². The third kappa shape index (κ3) is 3.57. The van der Waals surface area contributed by atoms with Gasteiger partial charge in [-0.1, -0.05) is 35.5 Å². The normalized spacial score (nSPS) is 11.0. The first kappa shape index (κ1) is 20.2. The van der Waals surface area contributed by atoms with E-state index in [-0.39, 0.29) is 12.4 Å². The van der Waals surface area contributed by atoms with Crippen molar-refractivity contribution in [1.29, 1.82) is 0 Å². The molecule has 1 aromatic carbocycles. The highest BCUT2D eigenvalue weighted by atomic mass is 35.5. The molecule has 146 valence electrons. The van der Waals surface area contributed by atoms with E-state index < -0.39 is 0 Å². The van der Waals surface area contributed by atoms with Crippen molar-refractivity contribution >= 4 is 23.3 Å². The smallest absolute Gasteiger partial charge is 0.138 e. The minimum atomic E-state index is 0. The van der Waals surface area contributed by atoms with Crippen molar-refractivity contribution in [3.63, 3.8) is 0 Å². The summed E-state index contributed by atoms with van der Waals surface area (Å²) >= 11 is 0. The summed E-state index contributed by atoms with van der Waals surface area (Å²) in [6.07, 6.45) is 3.85. The molecule has 0 bridgehead atoms. The van der Waals surface area contributed by atoms with E-state index in [9.17, 15) is 0 Å². The molecule has 4 aromatic rings. The van der Waals surface area contributed by atoms with Gasteiger partial charge >= 0.3 is 0 Å². The Labute approximate surface area is 172 Å². The molecule has 0 saturated carbocycles. The van der Waals surface area contributed by atoms with Crippen LogP contribution in [0.15, 0.2) is 47.1 Å². The second kappa shape index (κ2) is 8.19. The average Bonchev–Trinajstić information content (AvgIpc) is 3.13. The lowest BCUT2D eigenvalue weighted by molar-refractivity contribution is 0.392. The standard InChI is InChI=1S/C23H25N3O.ClH/c1-15-17(3)26(14-21-16(2)25-27-18(21)4)23-20(15)12-13-24-22(23)11-10-19-8-6-5-7-9-19;/h5-9,12-13H,10-11,14H2,1-4H3;1H. The number of rotatable bonds is 5. The van der Waals surface area contributed by atoms with Gasteiger partial charge in [-0.3, -0.25) is 4.98 Å². The molecule has 4 nitrogen and oxygen atoms in total. The molecule has 3 heterocycles. The van der Waals surface area contributed by atoms with E-state index in [2.05, 4.69) is 60.0 Å². The minimum absolute atomic E-state index is 0. The fraction of sp³-hybridized carbons (Fsp3) is 0.304. The zero-order chi connectivity index (χ0) is 19.0. The first-order chi connectivity index (χ1) is 13.1. The van der Waals surface area contributed by atoms with Gasteiger partial charge in [0.2, 0.25) is 0 Å². The Balaban J connectivity index is 0.00000225. The maximum absolute atomic E-state index is 5.38. The Morgan fingerprint density at radius 2 is 1.71 bits per heavy atom. The molecule has 0 radical (unpaired) electrons. The van der Waals surface area contributed by atoms with Crippen LogP contribution in [0.1, 0.15) is 39.5 Å². The molecule has 0 N–H and O–H groups in total. The number of halogens is 1. The lowest BCUT2D eigenvalue weighted by atomic mass is 10.1. The second-order valence-electron chi connectivity index (χ2n) is 7.24. The SMILES string of the molecule is Cc1noc(C)c1Cn1c(C)c(C)c2ccnc(CCc3ccccc3)c21.Cl. The summed E-state index contributed by atoms with van der Waals surface area (Å²) < 4.78 is 7.76. The van der Waals surface area contributed by atoms with Crippen LogP contribution in [-0.2, 0) is 19.4 Å². The molecular weight excluding hydrogens is 370 g/mol. The average molecular weight is 396 g/mol. The Hall–Kier alpha value is -2.59. The van der Waals surface area contributed by atoms with Crippen molar-refractivity contribution < 1.29 is 4.52 Å². The number of hydrogen-bond acceptors (Lipinski definition) is 3. The lowest BCUT2D eigenvalue weighted by Gasteiger charge is -2.11. The molecule has 0 unspecified atom stereocenters. The first-order valence-corrected chi connectivity index (χ1v) is 9.45. The van der Waals surface area contributed by atoms with Crippen molar-refractivity contribution in [1.82, 2.24) is 14.7 Å². The summed E-state index contributed by atoms with van der Waals surface area (Å²) in [5, 5.41) is 5.41. The van der Waals surface area contributed by atoms with Crippen molar-refractivity contribution in [3.8, 4) is 0 Å². The van der Waals surface area contributed by atoms with Gasteiger partial charge in [-0.05, 0) is 57.7 Å². The number of aromatic nitrogens is 3. The summed E-state index contributed by atoms with van der Waals surface area (Å²) in [4.78, 5) is 4.75. The largest absolute Gasteiger partial charge is 0.361 e. The van der Waals surface area contributed by atoms with Gasteiger partial charge in [0.25, 0.3) is 0 Å². The fourth-order valence-corrected chi connectivity index (χ4v) is 3.84. The third-order valence-electron chi connectivity index (χ3n) is 5.61. The quantitative estimate of drug-likeness (QED) is 0.447. The predicted molar refractivity (Wildman–Crippen MR) is 115 cm³/mol. The monoisotopic (exact) mass is 395 g/mol. The Bertz CT molecular complexity index is 1080. The van der Waals surface area contributed by atoms with E-state index in [0.717, 1.165) is 42.1 Å². The number of aryl methyl sites for hydroxylation is 5. The molecule has 0 aliphatic rings.